The van der Waals surface area contributed by atoms with Crippen LogP contribution < -0.4 is 4.74 Å². The molecular formula is C22H28N2O5. The molecule has 0 N–H and O–H groups in total. The molecular weight excluding hydrogens is 372 g/mol. The summed E-state index contributed by atoms with van der Waals surface area (Å²) in [5.74, 6) is -0.184. The zero-order valence-electron chi connectivity index (χ0n) is 17.3. The van der Waals surface area contributed by atoms with Crippen LogP contribution in [0.15, 0.2) is 24.3 Å². The fraction of sp³-hybridized carbons (Fsp3) is 0.545. The van der Waals surface area contributed by atoms with Gasteiger partial charge in [0.1, 0.15) is 11.5 Å². The number of ketones is 1. The van der Waals surface area contributed by atoms with Gasteiger partial charge in [0, 0.05) is 45.3 Å². The first-order chi connectivity index (χ1) is 13.8. The van der Waals surface area contributed by atoms with Crippen LogP contribution in [0.5, 0.6) is 5.75 Å². The Morgan fingerprint density at radius 2 is 1.90 bits per heavy atom. The van der Waals surface area contributed by atoms with Crippen LogP contribution in [0, 0.1) is 5.92 Å². The third kappa shape index (κ3) is 3.91. The zero-order chi connectivity index (χ0) is 21.2. The molecule has 2 heterocycles. The molecule has 7 nitrogen and oxygen atoms in total. The third-order valence-corrected chi connectivity index (χ3v) is 6.21. The summed E-state index contributed by atoms with van der Waals surface area (Å²) in [6, 6.07) is 6.95. The number of amides is 3. The van der Waals surface area contributed by atoms with Gasteiger partial charge in [0.05, 0.1) is 12.5 Å². The average Bonchev–Trinajstić information content (AvgIpc) is 2.97. The van der Waals surface area contributed by atoms with E-state index in [0.717, 1.165) is 17.7 Å². The van der Waals surface area contributed by atoms with Crippen molar-refractivity contribution in [2.24, 2.45) is 5.92 Å². The Morgan fingerprint density at radius 1 is 1.21 bits per heavy atom. The number of rotatable bonds is 6. The van der Waals surface area contributed by atoms with Gasteiger partial charge < -0.3 is 9.64 Å². The molecule has 0 saturated carbocycles. The summed E-state index contributed by atoms with van der Waals surface area (Å²) in [5.41, 5.74) is -0.579. The number of methoxy groups -OCH3 is 1. The summed E-state index contributed by atoms with van der Waals surface area (Å²) in [7, 11) is 3.01. The number of piperidine rings is 1. The lowest BCUT2D eigenvalue weighted by molar-refractivity contribution is -0.142. The summed E-state index contributed by atoms with van der Waals surface area (Å²) in [4.78, 5) is 53.5. The molecule has 0 spiro atoms. The summed E-state index contributed by atoms with van der Waals surface area (Å²) in [5, 5.41) is 0. The quantitative estimate of drug-likeness (QED) is 0.682. The second kappa shape index (κ2) is 8.35. The van der Waals surface area contributed by atoms with Gasteiger partial charge in [-0.3, -0.25) is 24.1 Å². The highest BCUT2D eigenvalue weighted by atomic mass is 16.5. The van der Waals surface area contributed by atoms with Gasteiger partial charge in [0.25, 0.3) is 0 Å². The Hall–Kier alpha value is -2.70. The van der Waals surface area contributed by atoms with E-state index in [0.29, 0.717) is 30.8 Å². The molecule has 3 rings (SSSR count). The van der Waals surface area contributed by atoms with E-state index in [1.165, 1.54) is 7.05 Å². The Bertz CT molecular complexity index is 819. The van der Waals surface area contributed by atoms with Gasteiger partial charge in [-0.25, -0.2) is 0 Å². The predicted molar refractivity (Wildman–Crippen MR) is 106 cm³/mol. The summed E-state index contributed by atoms with van der Waals surface area (Å²) < 4.78 is 5.19. The third-order valence-electron chi connectivity index (χ3n) is 6.21. The largest absolute Gasteiger partial charge is 0.497 e. The molecule has 0 radical (unpaired) electrons. The molecule has 2 fully saturated rings. The van der Waals surface area contributed by atoms with Crippen molar-refractivity contribution in [2.75, 3.05) is 27.2 Å². The lowest BCUT2D eigenvalue weighted by Gasteiger charge is -2.35. The zero-order valence-corrected chi connectivity index (χ0v) is 17.3. The van der Waals surface area contributed by atoms with Gasteiger partial charge in [-0.2, -0.15) is 0 Å². The van der Waals surface area contributed by atoms with Crippen LogP contribution in [0.1, 0.15) is 44.6 Å². The van der Waals surface area contributed by atoms with E-state index in [1.807, 2.05) is 6.92 Å². The van der Waals surface area contributed by atoms with Crippen LogP contribution in [-0.2, 0) is 24.6 Å². The molecule has 2 aliphatic rings. The van der Waals surface area contributed by atoms with Gasteiger partial charge in [0.2, 0.25) is 17.7 Å². The summed E-state index contributed by atoms with van der Waals surface area (Å²) >= 11 is 0. The number of benzene rings is 1. The maximum Gasteiger partial charge on any atom is 0.240 e. The molecule has 0 aromatic heterocycles. The van der Waals surface area contributed by atoms with Crippen molar-refractivity contribution in [3.05, 3.63) is 29.8 Å². The van der Waals surface area contributed by atoms with E-state index in [2.05, 4.69) is 0 Å². The highest BCUT2D eigenvalue weighted by Crippen LogP contribution is 2.40. The number of ether oxygens (including phenoxy) is 1. The maximum atomic E-state index is 13.2. The van der Waals surface area contributed by atoms with Crippen molar-refractivity contribution in [2.45, 2.75) is 44.4 Å². The smallest absolute Gasteiger partial charge is 0.240 e. The van der Waals surface area contributed by atoms with E-state index in [-0.39, 0.29) is 42.3 Å². The molecule has 1 aromatic rings. The second-order valence-electron chi connectivity index (χ2n) is 7.92. The first kappa shape index (κ1) is 21.0. The molecule has 0 unspecified atom stereocenters. The van der Waals surface area contributed by atoms with Crippen LogP contribution >= 0.6 is 0 Å². The van der Waals surface area contributed by atoms with Crippen LogP contribution in [0.4, 0.5) is 0 Å². The predicted octanol–water partition coefficient (Wildman–Crippen LogP) is 1.93. The Balaban J connectivity index is 1.87. The number of hydrogen-bond donors (Lipinski definition) is 0. The Morgan fingerprint density at radius 3 is 2.45 bits per heavy atom. The van der Waals surface area contributed by atoms with Crippen molar-refractivity contribution in [1.29, 1.82) is 0 Å². The molecule has 2 atom stereocenters. The number of likely N-dealkylation sites (N-methyl/N-ethyl adjacent to an activating group) is 1. The normalized spacial score (nSPS) is 24.7. The van der Waals surface area contributed by atoms with Crippen LogP contribution in [-0.4, -0.2) is 60.6 Å². The Kier molecular flexibility index (Phi) is 6.05. The molecule has 29 heavy (non-hydrogen) atoms. The minimum atomic E-state index is -1.21. The van der Waals surface area contributed by atoms with Gasteiger partial charge in [-0.1, -0.05) is 19.1 Å². The standard InChI is InChI=1S/C22H28N2O5/c1-4-18(25)15-6-5-11-24(14-15)20(27)13-22(12-19(26)23(2)21(22)28)16-7-9-17(29-3)10-8-16/h7-10,15H,4-6,11-14H2,1-3H3/t15-,22-/m0/s1. The molecule has 2 saturated heterocycles. The van der Waals surface area contributed by atoms with Crippen LogP contribution in [0.2, 0.25) is 0 Å². The van der Waals surface area contributed by atoms with E-state index in [1.54, 1.807) is 36.3 Å². The average molecular weight is 400 g/mol. The van der Waals surface area contributed by atoms with E-state index >= 15 is 0 Å². The van der Waals surface area contributed by atoms with Crippen molar-refractivity contribution < 1.29 is 23.9 Å². The van der Waals surface area contributed by atoms with E-state index in [4.69, 9.17) is 4.74 Å². The van der Waals surface area contributed by atoms with Gasteiger partial charge >= 0.3 is 0 Å². The molecule has 2 aliphatic heterocycles. The monoisotopic (exact) mass is 400 g/mol. The fourth-order valence-electron chi connectivity index (χ4n) is 4.39. The number of carbonyl (C=O) groups excluding carboxylic acids is 4. The van der Waals surface area contributed by atoms with E-state index < -0.39 is 5.41 Å². The minimum Gasteiger partial charge on any atom is -0.497 e. The molecule has 1 aromatic carbocycles. The van der Waals surface area contributed by atoms with Gasteiger partial charge in [-0.05, 0) is 30.5 Å². The van der Waals surface area contributed by atoms with Crippen molar-refractivity contribution in [3.8, 4) is 5.75 Å². The SMILES string of the molecule is CCC(=O)[C@H]1CCCN(C(=O)C[C@]2(c3ccc(OC)cc3)CC(=O)N(C)C2=O)C1. The number of carbonyl (C=O) groups is 4. The Labute approximate surface area is 171 Å². The van der Waals surface area contributed by atoms with Crippen LogP contribution in [0.25, 0.3) is 0 Å². The fourth-order valence-corrected chi connectivity index (χ4v) is 4.39. The molecule has 0 aliphatic carbocycles. The number of likely N-dealkylation sites (tertiary alicyclic amines) is 2. The van der Waals surface area contributed by atoms with E-state index in [9.17, 15) is 19.2 Å². The molecule has 7 heteroatoms. The highest BCUT2D eigenvalue weighted by Gasteiger charge is 2.53. The maximum absolute atomic E-state index is 13.2. The highest BCUT2D eigenvalue weighted by molar-refractivity contribution is 6.10. The first-order valence-electron chi connectivity index (χ1n) is 10.1. The summed E-state index contributed by atoms with van der Waals surface area (Å²) in [6.45, 7) is 2.80. The molecule has 0 bridgehead atoms. The van der Waals surface area contributed by atoms with Crippen molar-refractivity contribution in [3.63, 3.8) is 0 Å². The second-order valence-corrected chi connectivity index (χ2v) is 7.92. The van der Waals surface area contributed by atoms with Crippen molar-refractivity contribution in [1.82, 2.24) is 9.80 Å². The topological polar surface area (TPSA) is 84.0 Å². The van der Waals surface area contributed by atoms with Crippen molar-refractivity contribution >= 4 is 23.5 Å². The van der Waals surface area contributed by atoms with Crippen LogP contribution in [0.3, 0.4) is 0 Å². The lowest BCUT2D eigenvalue weighted by Crippen LogP contribution is -2.46. The molecule has 156 valence electrons. The number of hydrogen-bond acceptors (Lipinski definition) is 5. The first-order valence-corrected chi connectivity index (χ1v) is 10.1. The molecule has 3 amide bonds. The number of imide groups is 1. The van der Waals surface area contributed by atoms with Gasteiger partial charge in [-0.15, -0.1) is 0 Å². The minimum absolute atomic E-state index is 0.0361. The lowest BCUT2D eigenvalue weighted by atomic mass is 9.75. The number of nitrogens with zero attached hydrogens (tertiary/aromatic N) is 2. The van der Waals surface area contributed by atoms with Gasteiger partial charge in [0.15, 0.2) is 0 Å². The number of Topliss-reactive ketones (excluding diaryl/α,β-unsaturated/α-hetero) is 1. The summed E-state index contributed by atoms with van der Waals surface area (Å²) in [6.07, 6.45) is 1.90.